The predicted octanol–water partition coefficient (Wildman–Crippen LogP) is 2.31. The fourth-order valence-electron chi connectivity index (χ4n) is 3.10. The van der Waals surface area contributed by atoms with Crippen LogP contribution < -0.4 is 9.47 Å². The molecule has 0 spiro atoms. The van der Waals surface area contributed by atoms with Gasteiger partial charge >= 0.3 is 5.97 Å². The summed E-state index contributed by atoms with van der Waals surface area (Å²) in [5, 5.41) is 0. The van der Waals surface area contributed by atoms with Crippen LogP contribution in [0, 0.1) is 0 Å². The molecule has 0 atom stereocenters. The molecule has 2 aromatic rings. The van der Waals surface area contributed by atoms with Gasteiger partial charge in [-0.2, -0.15) is 0 Å². The van der Waals surface area contributed by atoms with Crippen molar-refractivity contribution in [2.75, 3.05) is 27.4 Å². The number of methoxy groups -OCH3 is 2. The first kappa shape index (κ1) is 21.4. The van der Waals surface area contributed by atoms with Crippen LogP contribution in [0.3, 0.4) is 0 Å². The molecule has 0 fully saturated rings. The normalized spacial score (nSPS) is 15.3. The molecule has 8 nitrogen and oxygen atoms in total. The smallest absolute Gasteiger partial charge is 0.326 e. The Bertz CT molecular complexity index is 1090. The van der Waals surface area contributed by atoms with Gasteiger partial charge < -0.3 is 14.2 Å². The Morgan fingerprint density at radius 1 is 0.900 bits per heavy atom. The fraction of sp³-hybridized carbons (Fsp3) is 0.238. The van der Waals surface area contributed by atoms with Crippen molar-refractivity contribution < 1.29 is 32.2 Å². The van der Waals surface area contributed by atoms with Gasteiger partial charge in [0.2, 0.25) is 0 Å². The highest BCUT2D eigenvalue weighted by Gasteiger charge is 2.45. The van der Waals surface area contributed by atoms with E-state index in [2.05, 4.69) is 0 Å². The molecule has 0 saturated carbocycles. The number of hydrogen-bond acceptors (Lipinski definition) is 7. The van der Waals surface area contributed by atoms with E-state index in [0.29, 0.717) is 26.9 Å². The number of esters is 1. The van der Waals surface area contributed by atoms with E-state index in [1.165, 1.54) is 14.2 Å². The Morgan fingerprint density at radius 3 is 1.87 bits per heavy atom. The van der Waals surface area contributed by atoms with Crippen LogP contribution in [-0.2, 0) is 24.3 Å². The van der Waals surface area contributed by atoms with Gasteiger partial charge in [-0.1, -0.05) is 12.1 Å². The second kappa shape index (κ2) is 8.58. The molecule has 3 rings (SSSR count). The number of nitrogens with zero attached hydrogens (tertiary/aromatic N) is 1. The minimum atomic E-state index is -4.29. The Kier molecular flexibility index (Phi) is 6.12. The Hall–Kier alpha value is -3.33. The van der Waals surface area contributed by atoms with Crippen LogP contribution >= 0.6 is 0 Å². The standard InChI is InChI=1S/C21H21NO7S/c1-4-29-18(23)13-22-21(24)19(14-5-9-16(27-2)10-6-14)20(30(22,25)26)15-7-11-17(28-3)12-8-15/h5-12H,4,13H2,1-3H3. The predicted molar refractivity (Wildman–Crippen MR) is 110 cm³/mol. The molecule has 9 heteroatoms. The van der Waals surface area contributed by atoms with Gasteiger partial charge in [-0.15, -0.1) is 0 Å². The lowest BCUT2D eigenvalue weighted by atomic mass is 10.0. The van der Waals surface area contributed by atoms with Gasteiger partial charge in [0, 0.05) is 0 Å². The van der Waals surface area contributed by atoms with E-state index < -0.39 is 28.4 Å². The molecule has 0 aromatic heterocycles. The minimum Gasteiger partial charge on any atom is -0.497 e. The second-order valence-electron chi connectivity index (χ2n) is 6.28. The quantitative estimate of drug-likeness (QED) is 0.620. The molecule has 0 bridgehead atoms. The summed E-state index contributed by atoms with van der Waals surface area (Å²) in [5.41, 5.74) is 0.676. The third-order valence-electron chi connectivity index (χ3n) is 4.52. The fourth-order valence-corrected chi connectivity index (χ4v) is 4.80. The number of carbonyl (C=O) groups excluding carboxylic acids is 2. The number of rotatable bonds is 7. The largest absolute Gasteiger partial charge is 0.497 e. The third-order valence-corrected chi connectivity index (χ3v) is 6.36. The van der Waals surface area contributed by atoms with Crippen LogP contribution in [-0.4, -0.2) is 52.0 Å². The summed E-state index contributed by atoms with van der Waals surface area (Å²) in [5.74, 6) is -0.504. The molecule has 0 radical (unpaired) electrons. The summed E-state index contributed by atoms with van der Waals surface area (Å²) in [6, 6.07) is 12.7. The van der Waals surface area contributed by atoms with Crippen molar-refractivity contribution >= 4 is 32.4 Å². The van der Waals surface area contributed by atoms with Crippen LogP contribution in [0.25, 0.3) is 10.5 Å². The molecule has 1 amide bonds. The molecule has 1 aliphatic heterocycles. The van der Waals surface area contributed by atoms with Crippen LogP contribution in [0.15, 0.2) is 48.5 Å². The van der Waals surface area contributed by atoms with E-state index in [0.717, 1.165) is 0 Å². The SMILES string of the molecule is CCOC(=O)CN1C(=O)C(c2ccc(OC)cc2)=C(c2ccc(OC)cc2)S1(=O)=O. The molecular weight excluding hydrogens is 410 g/mol. The first-order valence-corrected chi connectivity index (χ1v) is 10.5. The lowest BCUT2D eigenvalue weighted by Crippen LogP contribution is -2.36. The van der Waals surface area contributed by atoms with Gasteiger partial charge in [0.05, 0.1) is 26.4 Å². The summed E-state index contributed by atoms with van der Waals surface area (Å²) >= 11 is 0. The topological polar surface area (TPSA) is 99.2 Å². The first-order valence-electron chi connectivity index (χ1n) is 9.09. The van der Waals surface area contributed by atoms with Gasteiger partial charge in [0.15, 0.2) is 0 Å². The van der Waals surface area contributed by atoms with Gasteiger partial charge in [-0.25, -0.2) is 12.7 Å². The maximum absolute atomic E-state index is 13.3. The molecule has 158 valence electrons. The average molecular weight is 431 g/mol. The number of carbonyl (C=O) groups is 2. The van der Waals surface area contributed by atoms with E-state index in [-0.39, 0.29) is 17.1 Å². The van der Waals surface area contributed by atoms with Crippen LogP contribution in [0.2, 0.25) is 0 Å². The Labute approximate surface area is 174 Å². The molecule has 0 N–H and O–H groups in total. The lowest BCUT2D eigenvalue weighted by Gasteiger charge is -2.15. The van der Waals surface area contributed by atoms with Gasteiger partial charge in [-0.3, -0.25) is 9.59 Å². The maximum Gasteiger partial charge on any atom is 0.326 e. The van der Waals surface area contributed by atoms with E-state index in [9.17, 15) is 18.0 Å². The zero-order valence-corrected chi connectivity index (χ0v) is 17.6. The number of sulfonamides is 1. The van der Waals surface area contributed by atoms with Crippen molar-refractivity contribution in [1.82, 2.24) is 4.31 Å². The van der Waals surface area contributed by atoms with E-state index in [4.69, 9.17) is 14.2 Å². The number of ether oxygens (including phenoxy) is 3. The van der Waals surface area contributed by atoms with Crippen molar-refractivity contribution in [2.45, 2.75) is 6.92 Å². The number of benzene rings is 2. The zero-order chi connectivity index (χ0) is 21.9. The van der Waals surface area contributed by atoms with Crippen LogP contribution in [0.5, 0.6) is 11.5 Å². The van der Waals surface area contributed by atoms with Crippen molar-refractivity contribution in [3.63, 3.8) is 0 Å². The number of amides is 1. The molecule has 1 heterocycles. The first-order chi connectivity index (χ1) is 14.3. The van der Waals surface area contributed by atoms with E-state index in [1.807, 2.05) is 0 Å². The molecule has 2 aromatic carbocycles. The Balaban J connectivity index is 2.17. The highest BCUT2D eigenvalue weighted by molar-refractivity contribution is 8.00. The lowest BCUT2D eigenvalue weighted by molar-refractivity contribution is -0.145. The summed E-state index contributed by atoms with van der Waals surface area (Å²) in [6.45, 7) is 0.974. The van der Waals surface area contributed by atoms with Gasteiger partial charge in [0.1, 0.15) is 22.9 Å². The summed E-state index contributed by atoms with van der Waals surface area (Å²) in [4.78, 5) is 24.9. The number of hydrogen-bond donors (Lipinski definition) is 0. The van der Waals surface area contributed by atoms with Crippen LogP contribution in [0.1, 0.15) is 18.1 Å². The molecule has 1 aliphatic rings. The van der Waals surface area contributed by atoms with E-state index >= 15 is 0 Å². The van der Waals surface area contributed by atoms with Gasteiger partial charge in [0.25, 0.3) is 15.9 Å². The van der Waals surface area contributed by atoms with Crippen molar-refractivity contribution in [3.05, 3.63) is 59.7 Å². The van der Waals surface area contributed by atoms with Gasteiger partial charge in [-0.05, 0) is 54.4 Å². The van der Waals surface area contributed by atoms with Crippen molar-refractivity contribution in [3.8, 4) is 11.5 Å². The van der Waals surface area contributed by atoms with Crippen molar-refractivity contribution in [1.29, 1.82) is 0 Å². The monoisotopic (exact) mass is 431 g/mol. The minimum absolute atomic E-state index is 0.0212. The average Bonchev–Trinajstić information content (AvgIpc) is 2.94. The Morgan fingerprint density at radius 2 is 1.40 bits per heavy atom. The third kappa shape index (κ3) is 3.88. The zero-order valence-electron chi connectivity index (χ0n) is 16.7. The highest BCUT2D eigenvalue weighted by Crippen LogP contribution is 2.41. The summed E-state index contributed by atoms with van der Waals surface area (Å²) in [7, 11) is -1.29. The second-order valence-corrected chi connectivity index (χ2v) is 8.08. The van der Waals surface area contributed by atoms with E-state index in [1.54, 1.807) is 55.5 Å². The van der Waals surface area contributed by atoms with Crippen molar-refractivity contribution in [2.24, 2.45) is 0 Å². The highest BCUT2D eigenvalue weighted by atomic mass is 32.2. The summed E-state index contributed by atoms with van der Waals surface area (Å²) in [6.07, 6.45) is 0. The molecular formula is C21H21NO7S. The molecule has 0 aliphatic carbocycles. The molecule has 30 heavy (non-hydrogen) atoms. The molecule has 0 unspecified atom stereocenters. The van der Waals surface area contributed by atoms with Crippen LogP contribution in [0.4, 0.5) is 0 Å². The summed E-state index contributed by atoms with van der Waals surface area (Å²) < 4.78 is 42.2. The molecule has 0 saturated heterocycles. The maximum atomic E-state index is 13.3.